The van der Waals surface area contributed by atoms with Gasteiger partial charge in [-0.1, -0.05) is 29.3 Å². The number of hydrogen-bond acceptors (Lipinski definition) is 5. The lowest BCUT2D eigenvalue weighted by atomic mass is 10.1. The number of halogens is 2. The minimum Gasteiger partial charge on any atom is -0.305 e. The highest BCUT2D eigenvalue weighted by Crippen LogP contribution is 2.28. The van der Waals surface area contributed by atoms with E-state index < -0.39 is 16.5 Å². The van der Waals surface area contributed by atoms with Crippen molar-refractivity contribution in [2.75, 3.05) is 5.32 Å². The van der Waals surface area contributed by atoms with Crippen LogP contribution >= 0.6 is 23.2 Å². The first-order valence-corrected chi connectivity index (χ1v) is 5.98. The van der Waals surface area contributed by atoms with Gasteiger partial charge in [-0.3, -0.25) is 14.9 Å². The fourth-order valence-corrected chi connectivity index (χ4v) is 1.79. The predicted molar refractivity (Wildman–Crippen MR) is 73.1 cm³/mol. The van der Waals surface area contributed by atoms with E-state index in [0.29, 0.717) is 0 Å². The van der Waals surface area contributed by atoms with E-state index in [-0.39, 0.29) is 21.6 Å². The molecule has 1 heterocycles. The molecule has 0 unspecified atom stereocenters. The molecular formula is C11H6Cl2N4O3. The third-order valence-electron chi connectivity index (χ3n) is 2.29. The number of carbonyl (C=O) groups excluding carboxylic acids is 1. The fraction of sp³-hybridized carbons (Fsp3) is 0. The molecule has 0 radical (unpaired) electrons. The number of nitro groups is 1. The highest BCUT2D eigenvalue weighted by atomic mass is 35.5. The molecule has 9 heteroatoms. The summed E-state index contributed by atoms with van der Waals surface area (Å²) in [6.45, 7) is 0. The zero-order chi connectivity index (χ0) is 14.7. The number of nitro benzene ring substituents is 1. The van der Waals surface area contributed by atoms with Crippen LogP contribution in [0, 0.1) is 10.1 Å². The molecule has 0 saturated heterocycles. The van der Waals surface area contributed by atoms with Gasteiger partial charge in [-0.2, -0.15) is 0 Å². The average molecular weight is 313 g/mol. The zero-order valence-electron chi connectivity index (χ0n) is 9.71. The number of anilines is 1. The summed E-state index contributed by atoms with van der Waals surface area (Å²) in [5.74, 6) is -0.593. The van der Waals surface area contributed by atoms with E-state index in [0.717, 1.165) is 0 Å². The maximum atomic E-state index is 12.0. The Hall–Kier alpha value is -2.25. The first-order chi connectivity index (χ1) is 9.49. The van der Waals surface area contributed by atoms with Crippen LogP contribution in [0.25, 0.3) is 0 Å². The molecule has 0 fully saturated rings. The van der Waals surface area contributed by atoms with E-state index in [9.17, 15) is 14.9 Å². The molecule has 0 spiro atoms. The summed E-state index contributed by atoms with van der Waals surface area (Å²) in [6.07, 6.45) is 0. The van der Waals surface area contributed by atoms with Crippen LogP contribution in [-0.4, -0.2) is 21.0 Å². The van der Waals surface area contributed by atoms with Gasteiger partial charge in [0.2, 0.25) is 0 Å². The highest BCUT2D eigenvalue weighted by Gasteiger charge is 2.23. The van der Waals surface area contributed by atoms with E-state index in [1.807, 2.05) is 0 Å². The van der Waals surface area contributed by atoms with Gasteiger partial charge < -0.3 is 5.32 Å². The molecule has 1 aromatic heterocycles. The summed E-state index contributed by atoms with van der Waals surface area (Å²) < 4.78 is 0. The minimum absolute atomic E-state index is 0.119. The first-order valence-electron chi connectivity index (χ1n) is 5.22. The number of para-hydroxylation sites is 1. The van der Waals surface area contributed by atoms with Gasteiger partial charge in [0.25, 0.3) is 5.91 Å². The molecule has 20 heavy (non-hydrogen) atoms. The van der Waals surface area contributed by atoms with Crippen molar-refractivity contribution in [1.29, 1.82) is 0 Å². The maximum absolute atomic E-state index is 12.0. The van der Waals surface area contributed by atoms with Gasteiger partial charge in [0.15, 0.2) is 11.0 Å². The summed E-state index contributed by atoms with van der Waals surface area (Å²) in [5, 5.41) is 20.5. The monoisotopic (exact) mass is 312 g/mol. The van der Waals surface area contributed by atoms with Crippen molar-refractivity contribution < 1.29 is 9.72 Å². The van der Waals surface area contributed by atoms with Crippen LogP contribution in [0.5, 0.6) is 0 Å². The van der Waals surface area contributed by atoms with Crippen LogP contribution in [-0.2, 0) is 0 Å². The number of aromatic nitrogens is 2. The summed E-state index contributed by atoms with van der Waals surface area (Å²) in [6, 6.07) is 6.92. The Bertz CT molecular complexity index is 676. The second kappa shape index (κ2) is 5.81. The normalized spacial score (nSPS) is 10.1. The first kappa shape index (κ1) is 14.2. The predicted octanol–water partition coefficient (Wildman–Crippen LogP) is 2.94. The molecule has 1 amide bonds. The number of rotatable bonds is 3. The number of nitrogens with one attached hydrogen (secondary N) is 1. The second-order valence-corrected chi connectivity index (χ2v) is 4.38. The third-order valence-corrected chi connectivity index (χ3v) is 2.79. The number of amides is 1. The smallest absolute Gasteiger partial charge is 0.300 e. The van der Waals surface area contributed by atoms with Crippen LogP contribution < -0.4 is 5.32 Å². The lowest BCUT2D eigenvalue weighted by Crippen LogP contribution is -2.15. The van der Waals surface area contributed by atoms with Crippen molar-refractivity contribution in [3.05, 3.63) is 56.2 Å². The lowest BCUT2D eigenvalue weighted by molar-refractivity contribution is -0.385. The van der Waals surface area contributed by atoms with Crippen LogP contribution in [0.4, 0.5) is 11.5 Å². The zero-order valence-corrected chi connectivity index (χ0v) is 11.2. The van der Waals surface area contributed by atoms with Crippen molar-refractivity contribution in [1.82, 2.24) is 10.2 Å². The average Bonchev–Trinajstić information content (AvgIpc) is 2.40. The molecule has 1 aromatic carbocycles. The Labute approximate surface area is 122 Å². The molecule has 0 aliphatic rings. The number of benzene rings is 1. The minimum atomic E-state index is -0.717. The summed E-state index contributed by atoms with van der Waals surface area (Å²) in [4.78, 5) is 22.2. The third kappa shape index (κ3) is 3.01. The molecule has 7 nitrogen and oxygen atoms in total. The van der Waals surface area contributed by atoms with E-state index in [2.05, 4.69) is 15.5 Å². The van der Waals surface area contributed by atoms with Gasteiger partial charge in [0.1, 0.15) is 10.6 Å². The van der Waals surface area contributed by atoms with Crippen molar-refractivity contribution in [3.63, 3.8) is 0 Å². The summed E-state index contributed by atoms with van der Waals surface area (Å²) >= 11 is 11.3. The van der Waals surface area contributed by atoms with Gasteiger partial charge in [0.05, 0.1) is 4.92 Å². The maximum Gasteiger partial charge on any atom is 0.300 e. The Morgan fingerprint density at radius 3 is 2.55 bits per heavy atom. The van der Waals surface area contributed by atoms with Crippen molar-refractivity contribution in [2.45, 2.75) is 0 Å². The molecule has 2 rings (SSSR count). The second-order valence-electron chi connectivity index (χ2n) is 3.59. The molecule has 2 aromatic rings. The standard InChI is InChI=1S/C11H6Cl2N4O3/c12-7-3-1-2-6(10(7)17(19)20)11(18)14-9-5-4-8(13)15-16-9/h1-5H,(H,14,16,18). The Kier molecular flexibility index (Phi) is 4.11. The topological polar surface area (TPSA) is 98.0 Å². The SMILES string of the molecule is O=C(Nc1ccc(Cl)nn1)c1cccc(Cl)c1[N+](=O)[O-]. The van der Waals surface area contributed by atoms with Gasteiger partial charge in [-0.05, 0) is 24.3 Å². The van der Waals surface area contributed by atoms with Gasteiger partial charge >= 0.3 is 5.69 Å². The summed E-state index contributed by atoms with van der Waals surface area (Å²) in [5.41, 5.74) is -0.632. The molecule has 0 saturated carbocycles. The lowest BCUT2D eigenvalue weighted by Gasteiger charge is -2.05. The van der Waals surface area contributed by atoms with Gasteiger partial charge in [-0.25, -0.2) is 0 Å². The van der Waals surface area contributed by atoms with Gasteiger partial charge in [0, 0.05) is 0 Å². The van der Waals surface area contributed by atoms with Crippen molar-refractivity contribution >= 4 is 40.6 Å². The number of nitrogens with zero attached hydrogens (tertiary/aromatic N) is 3. The Morgan fingerprint density at radius 2 is 1.95 bits per heavy atom. The van der Waals surface area contributed by atoms with E-state index in [1.165, 1.54) is 30.3 Å². The Morgan fingerprint density at radius 1 is 1.20 bits per heavy atom. The molecular weight excluding hydrogens is 307 g/mol. The molecule has 0 bridgehead atoms. The van der Waals surface area contributed by atoms with Crippen molar-refractivity contribution in [2.24, 2.45) is 0 Å². The van der Waals surface area contributed by atoms with E-state index in [4.69, 9.17) is 23.2 Å². The highest BCUT2D eigenvalue weighted by molar-refractivity contribution is 6.33. The van der Waals surface area contributed by atoms with E-state index in [1.54, 1.807) is 0 Å². The van der Waals surface area contributed by atoms with Crippen LogP contribution in [0.2, 0.25) is 10.2 Å². The number of carbonyl (C=O) groups is 1. The quantitative estimate of drug-likeness (QED) is 0.694. The number of hydrogen-bond donors (Lipinski definition) is 1. The fourth-order valence-electron chi connectivity index (χ4n) is 1.45. The molecule has 0 aliphatic heterocycles. The van der Waals surface area contributed by atoms with Crippen LogP contribution in [0.1, 0.15) is 10.4 Å². The molecule has 102 valence electrons. The summed E-state index contributed by atoms with van der Waals surface area (Å²) in [7, 11) is 0. The Balaban J connectivity index is 2.32. The van der Waals surface area contributed by atoms with E-state index >= 15 is 0 Å². The van der Waals surface area contributed by atoms with Crippen LogP contribution in [0.3, 0.4) is 0 Å². The van der Waals surface area contributed by atoms with Crippen molar-refractivity contribution in [3.8, 4) is 0 Å². The van der Waals surface area contributed by atoms with Gasteiger partial charge in [-0.15, -0.1) is 10.2 Å². The van der Waals surface area contributed by atoms with Crippen LogP contribution in [0.15, 0.2) is 30.3 Å². The molecule has 0 aliphatic carbocycles. The molecule has 0 atom stereocenters. The largest absolute Gasteiger partial charge is 0.305 e. The molecule has 1 N–H and O–H groups in total.